The molecule has 0 aliphatic heterocycles. The monoisotopic (exact) mass is 342 g/mol. The maximum Gasteiger partial charge on any atom is 0.305 e. The van der Waals surface area contributed by atoms with Gasteiger partial charge in [-0.15, -0.1) is 0 Å². The fourth-order valence-electron chi connectivity index (χ4n) is 1.91. The third-order valence-electron chi connectivity index (χ3n) is 3.09. The van der Waals surface area contributed by atoms with E-state index in [9.17, 15) is 13.2 Å². The molecule has 0 rings (SSSR count). The number of carbonyl (C=O) groups excluding carboxylic acids is 1. The van der Waals surface area contributed by atoms with Crippen molar-refractivity contribution in [2.75, 3.05) is 12.4 Å². The molecule has 0 fully saturated rings. The van der Waals surface area contributed by atoms with Crippen molar-refractivity contribution in [3.63, 3.8) is 0 Å². The average molecular weight is 342 g/mol. The Hall–Kier alpha value is -0.190. The molecule has 0 aromatic heterocycles. The molecule has 128 valence electrons. The zero-order valence-corrected chi connectivity index (χ0v) is 15.4. The van der Waals surface area contributed by atoms with Gasteiger partial charge in [0.1, 0.15) is 12.4 Å². The van der Waals surface area contributed by atoms with E-state index in [-0.39, 0.29) is 16.5 Å². The van der Waals surface area contributed by atoms with Crippen LogP contribution in [-0.4, -0.2) is 31.3 Å². The lowest BCUT2D eigenvalue weighted by Gasteiger charge is -2.04. The Kier molecular flexibility index (Phi) is 16.2. The molecule has 0 spiro atoms. The van der Waals surface area contributed by atoms with Gasteiger partial charge in [-0.3, -0.25) is 9.35 Å². The maximum atomic E-state index is 11.2. The standard InChI is InChI=1S/C14H28O5S.H3P/c1-2-3-4-5-6-7-8-9-10-11-14(15)19-12-13-20(16,17)18;/h2-13H2,1H3,(H,16,17,18);1H3. The molecule has 1 N–H and O–H groups in total. The summed E-state index contributed by atoms with van der Waals surface area (Å²) in [5.74, 6) is -0.923. The number of carbonyl (C=O) groups is 1. The highest BCUT2D eigenvalue weighted by molar-refractivity contribution is 7.85. The molecule has 0 aromatic carbocycles. The van der Waals surface area contributed by atoms with Crippen molar-refractivity contribution in [2.24, 2.45) is 0 Å². The first kappa shape index (κ1) is 23.1. The van der Waals surface area contributed by atoms with E-state index in [1.807, 2.05) is 0 Å². The van der Waals surface area contributed by atoms with Crippen LogP contribution < -0.4 is 0 Å². The molecule has 0 bridgehead atoms. The summed E-state index contributed by atoms with van der Waals surface area (Å²) in [6.07, 6.45) is 10.9. The molecular weight excluding hydrogens is 311 g/mol. The minimum Gasteiger partial charge on any atom is -0.464 e. The number of unbranched alkanes of at least 4 members (excludes halogenated alkanes) is 8. The predicted octanol–water partition coefficient (Wildman–Crippen LogP) is 3.40. The lowest BCUT2D eigenvalue weighted by molar-refractivity contribution is -0.143. The third-order valence-corrected chi connectivity index (χ3v) is 3.77. The summed E-state index contributed by atoms with van der Waals surface area (Å²) in [6.45, 7) is 1.93. The highest BCUT2D eigenvalue weighted by atomic mass is 32.2. The minimum absolute atomic E-state index is 0. The van der Waals surface area contributed by atoms with Gasteiger partial charge in [-0.1, -0.05) is 58.3 Å². The van der Waals surface area contributed by atoms with Crippen molar-refractivity contribution in [3.05, 3.63) is 0 Å². The Balaban J connectivity index is 0. The van der Waals surface area contributed by atoms with Crippen LogP contribution in [0.4, 0.5) is 0 Å². The summed E-state index contributed by atoms with van der Waals surface area (Å²) in [6, 6.07) is 0. The van der Waals surface area contributed by atoms with E-state index in [0.29, 0.717) is 6.42 Å². The number of rotatable bonds is 13. The van der Waals surface area contributed by atoms with E-state index in [1.54, 1.807) is 0 Å². The van der Waals surface area contributed by atoms with Crippen LogP contribution in [0.2, 0.25) is 0 Å². The quantitative estimate of drug-likeness (QED) is 0.240. The fourth-order valence-corrected chi connectivity index (χ4v) is 2.21. The molecule has 0 aromatic rings. The summed E-state index contributed by atoms with van der Waals surface area (Å²) in [5.41, 5.74) is 0. The summed E-state index contributed by atoms with van der Waals surface area (Å²) in [7, 11) is -4.04. The highest BCUT2D eigenvalue weighted by Gasteiger charge is 2.07. The molecule has 0 heterocycles. The van der Waals surface area contributed by atoms with Gasteiger partial charge in [0.25, 0.3) is 10.1 Å². The van der Waals surface area contributed by atoms with Crippen LogP contribution >= 0.6 is 9.90 Å². The summed E-state index contributed by atoms with van der Waals surface area (Å²) >= 11 is 0. The van der Waals surface area contributed by atoms with Crippen molar-refractivity contribution in [1.82, 2.24) is 0 Å². The first-order chi connectivity index (χ1) is 9.45. The average Bonchev–Trinajstić information content (AvgIpc) is 2.35. The predicted molar refractivity (Wildman–Crippen MR) is 90.3 cm³/mol. The maximum absolute atomic E-state index is 11.2. The third kappa shape index (κ3) is 19.8. The lowest BCUT2D eigenvalue weighted by Crippen LogP contribution is -2.14. The zero-order valence-electron chi connectivity index (χ0n) is 13.2. The van der Waals surface area contributed by atoms with Crippen LogP contribution in [0.15, 0.2) is 0 Å². The smallest absolute Gasteiger partial charge is 0.305 e. The number of hydrogen-bond donors (Lipinski definition) is 1. The zero-order chi connectivity index (χ0) is 15.3. The second kappa shape index (κ2) is 14.7. The molecule has 0 aliphatic carbocycles. The van der Waals surface area contributed by atoms with E-state index >= 15 is 0 Å². The minimum atomic E-state index is -4.04. The molecular formula is C14H31O5PS. The van der Waals surface area contributed by atoms with Crippen molar-refractivity contribution >= 4 is 26.0 Å². The van der Waals surface area contributed by atoms with Gasteiger partial charge < -0.3 is 4.74 Å². The van der Waals surface area contributed by atoms with Gasteiger partial charge in [0.15, 0.2) is 0 Å². The van der Waals surface area contributed by atoms with Gasteiger partial charge in [-0.2, -0.15) is 18.3 Å². The van der Waals surface area contributed by atoms with Crippen LogP contribution in [-0.2, 0) is 19.6 Å². The number of hydrogen-bond acceptors (Lipinski definition) is 4. The van der Waals surface area contributed by atoms with Gasteiger partial charge in [-0.25, -0.2) is 0 Å². The summed E-state index contributed by atoms with van der Waals surface area (Å²) < 4.78 is 34.0. The number of ether oxygens (including phenoxy) is 1. The van der Waals surface area contributed by atoms with Gasteiger partial charge in [-0.05, 0) is 6.42 Å². The highest BCUT2D eigenvalue weighted by Crippen LogP contribution is 2.10. The van der Waals surface area contributed by atoms with Crippen LogP contribution in [0.1, 0.15) is 71.1 Å². The van der Waals surface area contributed by atoms with Crippen LogP contribution in [0, 0.1) is 0 Å². The molecule has 1 unspecified atom stereocenters. The molecule has 1 atom stereocenters. The van der Waals surface area contributed by atoms with Gasteiger partial charge in [0.2, 0.25) is 0 Å². The van der Waals surface area contributed by atoms with Crippen molar-refractivity contribution in [2.45, 2.75) is 71.1 Å². The summed E-state index contributed by atoms with van der Waals surface area (Å²) in [5, 5.41) is 0. The Morgan fingerprint density at radius 2 is 1.43 bits per heavy atom. The largest absolute Gasteiger partial charge is 0.464 e. The topological polar surface area (TPSA) is 80.7 Å². The SMILES string of the molecule is CCCCCCCCCCCC(=O)OCCS(=O)(=O)O.P. The molecule has 0 aliphatic rings. The van der Waals surface area contributed by atoms with Crippen LogP contribution in [0.25, 0.3) is 0 Å². The number of esters is 1. The molecule has 0 saturated heterocycles. The van der Waals surface area contributed by atoms with E-state index in [4.69, 9.17) is 9.29 Å². The lowest BCUT2D eigenvalue weighted by atomic mass is 10.1. The van der Waals surface area contributed by atoms with Crippen LogP contribution in [0.3, 0.4) is 0 Å². The summed E-state index contributed by atoms with van der Waals surface area (Å²) in [4.78, 5) is 11.2. The molecule has 7 heteroatoms. The fraction of sp³-hybridized carbons (Fsp3) is 0.929. The van der Waals surface area contributed by atoms with Crippen molar-refractivity contribution in [1.29, 1.82) is 0 Å². The Bertz CT molecular complexity index is 343. The second-order valence-corrected chi connectivity index (χ2v) is 6.66. The first-order valence-corrected chi connectivity index (χ1v) is 9.17. The van der Waals surface area contributed by atoms with Crippen LogP contribution in [0.5, 0.6) is 0 Å². The Morgan fingerprint density at radius 1 is 0.952 bits per heavy atom. The Morgan fingerprint density at radius 3 is 1.90 bits per heavy atom. The molecule has 21 heavy (non-hydrogen) atoms. The van der Waals surface area contributed by atoms with Gasteiger partial charge in [0.05, 0.1) is 0 Å². The van der Waals surface area contributed by atoms with E-state index < -0.39 is 21.8 Å². The van der Waals surface area contributed by atoms with Crippen molar-refractivity contribution < 1.29 is 22.5 Å². The van der Waals surface area contributed by atoms with E-state index in [2.05, 4.69) is 6.92 Å². The van der Waals surface area contributed by atoms with E-state index in [0.717, 1.165) is 19.3 Å². The molecule has 5 nitrogen and oxygen atoms in total. The molecule has 0 radical (unpaired) electrons. The van der Waals surface area contributed by atoms with Crippen molar-refractivity contribution in [3.8, 4) is 0 Å². The molecule has 0 saturated carbocycles. The Labute approximate surface area is 132 Å². The van der Waals surface area contributed by atoms with Gasteiger partial charge >= 0.3 is 5.97 Å². The normalized spacial score (nSPS) is 11.0. The second-order valence-electron chi connectivity index (χ2n) is 5.08. The first-order valence-electron chi connectivity index (χ1n) is 7.56. The van der Waals surface area contributed by atoms with Gasteiger partial charge in [0, 0.05) is 6.42 Å². The van der Waals surface area contributed by atoms with E-state index in [1.165, 1.54) is 38.5 Å². The molecule has 0 amide bonds.